The van der Waals surface area contributed by atoms with Gasteiger partial charge < -0.3 is 11.3 Å². The van der Waals surface area contributed by atoms with E-state index in [9.17, 15) is 14.9 Å². The molecule has 0 radical (unpaired) electrons. The van der Waals surface area contributed by atoms with Gasteiger partial charge in [0.25, 0.3) is 5.69 Å². The van der Waals surface area contributed by atoms with Crippen LogP contribution in [0.1, 0.15) is 10.4 Å². The Balaban J connectivity index is 0.00000144. The third-order valence-corrected chi connectivity index (χ3v) is 1.33. The Morgan fingerprint density at radius 2 is 1.77 bits per heavy atom. The van der Waals surface area contributed by atoms with Gasteiger partial charge in [-0.3, -0.25) is 10.1 Å². The van der Waals surface area contributed by atoms with E-state index in [1.807, 2.05) is 0 Å². The summed E-state index contributed by atoms with van der Waals surface area (Å²) in [7, 11) is 0. The topological polar surface area (TPSA) is 117 Å². The van der Waals surface area contributed by atoms with E-state index in [2.05, 4.69) is 0 Å². The van der Waals surface area contributed by atoms with Gasteiger partial charge in [-0.2, -0.15) is 0 Å². The SMILES string of the molecule is O=C(O)c1ccc([N+](=O)[O-])cc1.[NH4+]. The highest BCUT2D eigenvalue weighted by molar-refractivity contribution is 5.87. The van der Waals surface area contributed by atoms with E-state index >= 15 is 0 Å². The highest BCUT2D eigenvalue weighted by Crippen LogP contribution is 2.11. The number of nitro groups is 1. The molecule has 0 atom stereocenters. The standard InChI is InChI=1S/C7H5NO4.H3N/c9-7(10)5-1-3-6(4-2-5)8(11)12;/h1-4H,(H,9,10);1H3/p+1. The van der Waals surface area contributed by atoms with Crippen LogP contribution in [-0.4, -0.2) is 16.0 Å². The van der Waals surface area contributed by atoms with E-state index in [0.717, 1.165) is 12.1 Å². The van der Waals surface area contributed by atoms with Crippen LogP contribution in [0.15, 0.2) is 24.3 Å². The van der Waals surface area contributed by atoms with Gasteiger partial charge in [0, 0.05) is 12.1 Å². The van der Waals surface area contributed by atoms with Crippen molar-refractivity contribution in [2.24, 2.45) is 0 Å². The number of non-ortho nitro benzene ring substituents is 1. The third-order valence-electron chi connectivity index (χ3n) is 1.33. The van der Waals surface area contributed by atoms with Crippen molar-refractivity contribution in [2.45, 2.75) is 0 Å². The van der Waals surface area contributed by atoms with Crippen LogP contribution in [0.3, 0.4) is 0 Å². The number of nitro benzene ring substituents is 1. The number of quaternary nitrogens is 1. The summed E-state index contributed by atoms with van der Waals surface area (Å²) in [6, 6.07) is 4.70. The van der Waals surface area contributed by atoms with Crippen molar-refractivity contribution >= 4 is 11.7 Å². The fourth-order valence-electron chi connectivity index (χ4n) is 0.726. The summed E-state index contributed by atoms with van der Waals surface area (Å²) >= 11 is 0. The maximum atomic E-state index is 10.3. The third kappa shape index (κ3) is 2.53. The molecule has 6 heteroatoms. The molecule has 0 heterocycles. The van der Waals surface area contributed by atoms with Gasteiger partial charge in [0.15, 0.2) is 0 Å². The summed E-state index contributed by atoms with van der Waals surface area (Å²) < 4.78 is 0. The molecule has 6 nitrogen and oxygen atoms in total. The minimum atomic E-state index is -1.09. The fraction of sp³-hybridized carbons (Fsp3) is 0. The van der Waals surface area contributed by atoms with Crippen molar-refractivity contribution in [2.75, 3.05) is 0 Å². The summed E-state index contributed by atoms with van der Waals surface area (Å²) in [4.78, 5) is 19.9. The second-order valence-corrected chi connectivity index (χ2v) is 2.11. The molecule has 5 N–H and O–H groups in total. The summed E-state index contributed by atoms with van der Waals surface area (Å²) in [5.41, 5.74) is -0.0689. The minimum Gasteiger partial charge on any atom is -0.478 e. The predicted molar refractivity (Wildman–Crippen MR) is 46.0 cm³/mol. The molecular weight excluding hydrogens is 176 g/mol. The average Bonchev–Trinajstić information content (AvgIpc) is 2.04. The number of carboxylic acids is 1. The molecule has 0 unspecified atom stereocenters. The van der Waals surface area contributed by atoms with Gasteiger partial charge in [-0.25, -0.2) is 4.79 Å². The minimum absolute atomic E-state index is 0. The second kappa shape index (κ2) is 4.17. The van der Waals surface area contributed by atoms with E-state index in [1.165, 1.54) is 12.1 Å². The van der Waals surface area contributed by atoms with Crippen LogP contribution in [0.2, 0.25) is 0 Å². The van der Waals surface area contributed by atoms with E-state index in [4.69, 9.17) is 5.11 Å². The lowest BCUT2D eigenvalue weighted by molar-refractivity contribution is -0.384. The maximum Gasteiger partial charge on any atom is 0.335 e. The molecule has 13 heavy (non-hydrogen) atoms. The molecule has 0 aliphatic rings. The molecule has 0 aliphatic carbocycles. The van der Waals surface area contributed by atoms with Gasteiger partial charge in [-0.1, -0.05) is 0 Å². The van der Waals surface area contributed by atoms with Gasteiger partial charge in [0.1, 0.15) is 0 Å². The maximum absolute atomic E-state index is 10.3. The second-order valence-electron chi connectivity index (χ2n) is 2.11. The summed E-state index contributed by atoms with van der Waals surface area (Å²) in [6.07, 6.45) is 0. The molecule has 0 saturated heterocycles. The number of aromatic carboxylic acids is 1. The van der Waals surface area contributed by atoms with Crippen molar-refractivity contribution in [3.05, 3.63) is 39.9 Å². The first-order valence-electron chi connectivity index (χ1n) is 3.09. The largest absolute Gasteiger partial charge is 0.478 e. The monoisotopic (exact) mass is 185 g/mol. The van der Waals surface area contributed by atoms with Crippen LogP contribution < -0.4 is 6.15 Å². The average molecular weight is 185 g/mol. The smallest absolute Gasteiger partial charge is 0.335 e. The highest BCUT2D eigenvalue weighted by Gasteiger charge is 2.06. The molecule has 1 aromatic carbocycles. The van der Waals surface area contributed by atoms with Crippen LogP contribution in [0, 0.1) is 10.1 Å². The molecule has 0 amide bonds. The first-order valence-corrected chi connectivity index (χ1v) is 3.09. The Morgan fingerprint density at radius 1 is 1.31 bits per heavy atom. The summed E-state index contributed by atoms with van der Waals surface area (Å²) in [5.74, 6) is -1.09. The van der Waals surface area contributed by atoms with Crippen molar-refractivity contribution in [1.29, 1.82) is 0 Å². The number of hydrogen-bond acceptors (Lipinski definition) is 3. The number of hydrogen-bond donors (Lipinski definition) is 2. The van der Waals surface area contributed by atoms with Crippen molar-refractivity contribution < 1.29 is 14.8 Å². The van der Waals surface area contributed by atoms with Crippen LogP contribution >= 0.6 is 0 Å². The zero-order valence-electron chi connectivity index (χ0n) is 6.93. The van der Waals surface area contributed by atoms with Crippen LogP contribution in [0.5, 0.6) is 0 Å². The van der Waals surface area contributed by atoms with E-state index < -0.39 is 10.9 Å². The quantitative estimate of drug-likeness (QED) is 0.538. The van der Waals surface area contributed by atoms with E-state index in [1.54, 1.807) is 0 Å². The van der Waals surface area contributed by atoms with E-state index in [-0.39, 0.29) is 17.4 Å². The van der Waals surface area contributed by atoms with Crippen molar-refractivity contribution in [3.63, 3.8) is 0 Å². The lowest BCUT2D eigenvalue weighted by Gasteiger charge is -1.92. The van der Waals surface area contributed by atoms with E-state index in [0.29, 0.717) is 0 Å². The predicted octanol–water partition coefficient (Wildman–Crippen LogP) is 1.67. The summed E-state index contributed by atoms with van der Waals surface area (Å²) in [6.45, 7) is 0. The van der Waals surface area contributed by atoms with Gasteiger partial charge in [0.05, 0.1) is 10.5 Å². The number of nitrogens with zero attached hydrogens (tertiary/aromatic N) is 1. The zero-order valence-corrected chi connectivity index (χ0v) is 6.93. The molecule has 0 aromatic heterocycles. The first kappa shape index (κ1) is 11.1. The molecule has 0 saturated carbocycles. The number of rotatable bonds is 2. The lowest BCUT2D eigenvalue weighted by atomic mass is 10.2. The summed E-state index contributed by atoms with van der Waals surface area (Å²) in [5, 5.41) is 18.6. The lowest BCUT2D eigenvalue weighted by Crippen LogP contribution is -1.96. The molecule has 0 fully saturated rings. The Hall–Kier alpha value is -1.95. The molecular formula is C7H9N2O4+. The molecule has 1 rings (SSSR count). The molecule has 70 valence electrons. The van der Waals surface area contributed by atoms with Crippen LogP contribution in [0.4, 0.5) is 5.69 Å². The zero-order chi connectivity index (χ0) is 9.14. The molecule has 0 bridgehead atoms. The van der Waals surface area contributed by atoms with Crippen molar-refractivity contribution in [1.82, 2.24) is 6.15 Å². The number of benzene rings is 1. The van der Waals surface area contributed by atoms with Gasteiger partial charge in [-0.05, 0) is 12.1 Å². The Bertz CT molecular complexity index is 287. The Morgan fingerprint density at radius 3 is 2.08 bits per heavy atom. The Kier molecular flexibility index (Phi) is 3.54. The number of carboxylic acid groups (broad SMARTS) is 1. The first-order chi connectivity index (χ1) is 5.61. The molecule has 0 aliphatic heterocycles. The number of carbonyl (C=O) groups is 1. The fourth-order valence-corrected chi connectivity index (χ4v) is 0.726. The van der Waals surface area contributed by atoms with Gasteiger partial charge >= 0.3 is 5.97 Å². The van der Waals surface area contributed by atoms with Crippen LogP contribution in [0.25, 0.3) is 0 Å². The van der Waals surface area contributed by atoms with Gasteiger partial charge in [-0.15, -0.1) is 0 Å². The van der Waals surface area contributed by atoms with Gasteiger partial charge in [0.2, 0.25) is 0 Å². The normalized spacial score (nSPS) is 8.62. The van der Waals surface area contributed by atoms with Crippen molar-refractivity contribution in [3.8, 4) is 0 Å². The Labute approximate surface area is 73.5 Å². The molecule has 1 aromatic rings. The highest BCUT2D eigenvalue weighted by atomic mass is 16.6. The molecule has 0 spiro atoms. The van der Waals surface area contributed by atoms with Crippen LogP contribution in [-0.2, 0) is 0 Å².